The number of imidazole rings is 1. The van der Waals surface area contributed by atoms with Gasteiger partial charge in [0.05, 0.1) is 16.4 Å². The van der Waals surface area contributed by atoms with Crippen LogP contribution in [0.25, 0.3) is 0 Å². The van der Waals surface area contributed by atoms with E-state index in [-0.39, 0.29) is 11.1 Å². The molecule has 0 spiro atoms. The fraction of sp³-hybridized carbons (Fsp3) is 0.167. The number of aromatic nitrogens is 2. The van der Waals surface area contributed by atoms with Gasteiger partial charge < -0.3 is 4.57 Å². The number of rotatable bonds is 6. The third-order valence-electron chi connectivity index (χ3n) is 3.61. The maximum absolute atomic E-state index is 13.2. The molecule has 24 heavy (non-hydrogen) atoms. The van der Waals surface area contributed by atoms with E-state index in [1.165, 1.54) is 12.1 Å². The summed E-state index contributed by atoms with van der Waals surface area (Å²) in [4.78, 5) is 4.08. The topological polar surface area (TPSA) is 17.8 Å². The highest BCUT2D eigenvalue weighted by Gasteiger charge is 2.14. The standard InChI is InChI=1S/C18H15Cl2FN2S/c19-16-6-1-13(9-17(16)20)11-24-18(10-23-8-7-22-12-23)14-2-4-15(21)5-3-14/h1-9,12,18H,10-11H2. The van der Waals surface area contributed by atoms with Gasteiger partial charge in [-0.2, -0.15) is 0 Å². The molecule has 1 atom stereocenters. The molecule has 3 aromatic rings. The highest BCUT2D eigenvalue weighted by molar-refractivity contribution is 7.98. The Hall–Kier alpha value is -1.49. The van der Waals surface area contributed by atoms with Crippen molar-refractivity contribution in [2.24, 2.45) is 0 Å². The molecule has 0 bridgehead atoms. The Morgan fingerprint density at radius 2 is 1.88 bits per heavy atom. The lowest BCUT2D eigenvalue weighted by Gasteiger charge is -2.18. The minimum absolute atomic E-state index is 0.175. The maximum atomic E-state index is 13.2. The molecule has 6 heteroatoms. The summed E-state index contributed by atoms with van der Waals surface area (Å²) in [7, 11) is 0. The molecule has 124 valence electrons. The lowest BCUT2D eigenvalue weighted by atomic mass is 10.1. The summed E-state index contributed by atoms with van der Waals surface area (Å²) in [6.45, 7) is 0.762. The third kappa shape index (κ3) is 4.53. The molecule has 0 aliphatic carbocycles. The first-order chi connectivity index (χ1) is 11.6. The van der Waals surface area contributed by atoms with E-state index in [1.807, 2.05) is 41.1 Å². The van der Waals surface area contributed by atoms with Gasteiger partial charge in [-0.15, -0.1) is 11.8 Å². The van der Waals surface area contributed by atoms with Gasteiger partial charge in [0.15, 0.2) is 0 Å². The van der Waals surface area contributed by atoms with Gasteiger partial charge in [0.1, 0.15) is 5.82 Å². The van der Waals surface area contributed by atoms with Gasteiger partial charge in [-0.25, -0.2) is 9.37 Å². The second-order valence-corrected chi connectivity index (χ2v) is 7.36. The van der Waals surface area contributed by atoms with Crippen LogP contribution < -0.4 is 0 Å². The van der Waals surface area contributed by atoms with Gasteiger partial charge >= 0.3 is 0 Å². The second-order valence-electron chi connectivity index (χ2n) is 5.36. The molecule has 1 unspecified atom stereocenters. The highest BCUT2D eigenvalue weighted by Crippen LogP contribution is 2.34. The molecule has 0 N–H and O–H groups in total. The van der Waals surface area contributed by atoms with Crippen molar-refractivity contribution in [3.63, 3.8) is 0 Å². The van der Waals surface area contributed by atoms with E-state index in [0.717, 1.165) is 23.4 Å². The average Bonchev–Trinajstić information content (AvgIpc) is 3.08. The summed E-state index contributed by atoms with van der Waals surface area (Å²) < 4.78 is 15.2. The van der Waals surface area contributed by atoms with Crippen molar-refractivity contribution < 1.29 is 4.39 Å². The molecule has 3 rings (SSSR count). The number of thioether (sulfide) groups is 1. The molecular weight excluding hydrogens is 366 g/mol. The zero-order chi connectivity index (χ0) is 16.9. The first-order valence-electron chi connectivity index (χ1n) is 7.38. The highest BCUT2D eigenvalue weighted by atomic mass is 35.5. The van der Waals surface area contributed by atoms with Crippen LogP contribution in [0.3, 0.4) is 0 Å². The van der Waals surface area contributed by atoms with Crippen LogP contribution in [0, 0.1) is 5.82 Å². The molecule has 0 saturated carbocycles. The van der Waals surface area contributed by atoms with E-state index < -0.39 is 0 Å². The van der Waals surface area contributed by atoms with Gasteiger partial charge in [-0.3, -0.25) is 0 Å². The molecule has 0 aliphatic heterocycles. The molecule has 1 heterocycles. The maximum Gasteiger partial charge on any atom is 0.123 e. The Morgan fingerprint density at radius 3 is 2.54 bits per heavy atom. The Labute approximate surface area is 154 Å². The van der Waals surface area contributed by atoms with Crippen molar-refractivity contribution in [1.82, 2.24) is 9.55 Å². The van der Waals surface area contributed by atoms with Crippen molar-refractivity contribution in [2.45, 2.75) is 17.5 Å². The number of hydrogen-bond donors (Lipinski definition) is 0. The van der Waals surface area contributed by atoms with Crippen molar-refractivity contribution in [2.75, 3.05) is 0 Å². The smallest absolute Gasteiger partial charge is 0.123 e. The summed E-state index contributed by atoms with van der Waals surface area (Å²) in [5.74, 6) is 0.558. The van der Waals surface area contributed by atoms with Crippen LogP contribution in [-0.2, 0) is 12.3 Å². The average molecular weight is 381 g/mol. The van der Waals surface area contributed by atoms with Gasteiger partial charge in [0.25, 0.3) is 0 Å². The van der Waals surface area contributed by atoms with Crippen molar-refractivity contribution >= 4 is 35.0 Å². The normalized spacial score (nSPS) is 12.3. The lowest BCUT2D eigenvalue weighted by Crippen LogP contribution is -2.05. The van der Waals surface area contributed by atoms with Crippen LogP contribution in [0.4, 0.5) is 4.39 Å². The summed E-state index contributed by atoms with van der Waals surface area (Å²) in [6.07, 6.45) is 5.47. The molecule has 0 saturated heterocycles. The van der Waals surface area contributed by atoms with Crippen molar-refractivity contribution in [1.29, 1.82) is 0 Å². The largest absolute Gasteiger partial charge is 0.336 e. The number of hydrogen-bond acceptors (Lipinski definition) is 2. The zero-order valence-electron chi connectivity index (χ0n) is 12.7. The molecule has 0 amide bonds. The fourth-order valence-electron chi connectivity index (χ4n) is 2.34. The monoisotopic (exact) mass is 380 g/mol. The Morgan fingerprint density at radius 1 is 1.08 bits per heavy atom. The minimum atomic E-state index is -0.227. The number of nitrogens with zero attached hydrogens (tertiary/aromatic N) is 2. The van der Waals surface area contributed by atoms with Crippen LogP contribution in [-0.4, -0.2) is 9.55 Å². The van der Waals surface area contributed by atoms with Crippen LogP contribution >= 0.6 is 35.0 Å². The quantitative estimate of drug-likeness (QED) is 0.521. The zero-order valence-corrected chi connectivity index (χ0v) is 15.0. The van der Waals surface area contributed by atoms with Crippen LogP contribution in [0.2, 0.25) is 10.0 Å². The van der Waals surface area contributed by atoms with E-state index in [9.17, 15) is 4.39 Å². The van der Waals surface area contributed by atoms with E-state index in [2.05, 4.69) is 4.98 Å². The fourth-order valence-corrected chi connectivity index (χ4v) is 3.87. The second kappa shape index (κ2) is 8.06. The summed E-state index contributed by atoms with van der Waals surface area (Å²) in [6, 6.07) is 12.3. The summed E-state index contributed by atoms with van der Waals surface area (Å²) >= 11 is 13.8. The van der Waals surface area contributed by atoms with Crippen molar-refractivity contribution in [3.8, 4) is 0 Å². The summed E-state index contributed by atoms with van der Waals surface area (Å²) in [5, 5.41) is 1.29. The molecule has 2 nitrogen and oxygen atoms in total. The minimum Gasteiger partial charge on any atom is -0.336 e. The van der Waals surface area contributed by atoms with Crippen LogP contribution in [0.1, 0.15) is 16.4 Å². The van der Waals surface area contributed by atoms with E-state index in [1.54, 1.807) is 24.3 Å². The van der Waals surface area contributed by atoms with Crippen LogP contribution in [0.5, 0.6) is 0 Å². The summed E-state index contributed by atoms with van der Waals surface area (Å²) in [5.41, 5.74) is 2.18. The molecule has 2 aromatic carbocycles. The molecular formula is C18H15Cl2FN2S. The number of halogens is 3. The first kappa shape index (κ1) is 17.3. The third-order valence-corrected chi connectivity index (χ3v) is 5.68. The van der Waals surface area contributed by atoms with Crippen LogP contribution in [0.15, 0.2) is 61.2 Å². The molecule has 0 fully saturated rings. The molecule has 0 aliphatic rings. The van der Waals surface area contributed by atoms with E-state index in [0.29, 0.717) is 10.0 Å². The molecule has 0 radical (unpaired) electrons. The Kier molecular flexibility index (Phi) is 5.82. The number of benzene rings is 2. The Bertz CT molecular complexity index is 791. The SMILES string of the molecule is Fc1ccc(C(Cn2ccnc2)SCc2ccc(Cl)c(Cl)c2)cc1. The van der Waals surface area contributed by atoms with Gasteiger partial charge in [0, 0.05) is 29.9 Å². The lowest BCUT2D eigenvalue weighted by molar-refractivity contribution is 0.625. The van der Waals surface area contributed by atoms with E-state index >= 15 is 0 Å². The predicted octanol–water partition coefficient (Wildman–Crippen LogP) is 6.00. The van der Waals surface area contributed by atoms with E-state index in [4.69, 9.17) is 23.2 Å². The Balaban J connectivity index is 1.76. The van der Waals surface area contributed by atoms with Gasteiger partial charge in [-0.1, -0.05) is 41.4 Å². The first-order valence-corrected chi connectivity index (χ1v) is 9.19. The van der Waals surface area contributed by atoms with Crippen molar-refractivity contribution in [3.05, 3.63) is 88.2 Å². The van der Waals surface area contributed by atoms with Gasteiger partial charge in [-0.05, 0) is 35.4 Å². The predicted molar refractivity (Wildman–Crippen MR) is 99.1 cm³/mol. The molecule has 1 aromatic heterocycles. The van der Waals surface area contributed by atoms with Gasteiger partial charge in [0.2, 0.25) is 0 Å².